The van der Waals surface area contributed by atoms with Gasteiger partial charge in [0.05, 0.1) is 5.69 Å². The van der Waals surface area contributed by atoms with Crippen molar-refractivity contribution in [1.82, 2.24) is 10.3 Å². The molecule has 3 aromatic rings. The van der Waals surface area contributed by atoms with Crippen molar-refractivity contribution >= 4 is 34.1 Å². The summed E-state index contributed by atoms with van der Waals surface area (Å²) in [5.74, 6) is 0.499. The maximum absolute atomic E-state index is 12.3. The summed E-state index contributed by atoms with van der Waals surface area (Å²) in [5, 5.41) is 11.2. The Hall–Kier alpha value is -3.19. The molecule has 1 aliphatic heterocycles. The predicted molar refractivity (Wildman–Crippen MR) is 119 cm³/mol. The molecule has 0 atom stereocenters. The number of hydrogen-bond donors (Lipinski definition) is 3. The topological polar surface area (TPSA) is 83.1 Å². The summed E-state index contributed by atoms with van der Waals surface area (Å²) in [6, 6.07) is 14.2. The van der Waals surface area contributed by atoms with Gasteiger partial charge in [-0.1, -0.05) is 30.3 Å². The Morgan fingerprint density at radius 2 is 1.90 bits per heavy atom. The fourth-order valence-corrected chi connectivity index (χ4v) is 4.89. The second-order valence-corrected chi connectivity index (χ2v) is 8.69. The van der Waals surface area contributed by atoms with Crippen LogP contribution in [0.5, 0.6) is 0 Å². The summed E-state index contributed by atoms with van der Waals surface area (Å²) >= 11 is 1.41. The van der Waals surface area contributed by atoms with Gasteiger partial charge >= 0.3 is 6.03 Å². The number of rotatable bonds is 4. The standard InChI is InChI=1S/C23H22N4O2S/c28-21-8-6-17-11-18(5-7-19(17)25-21)20-13-30-23(26-20)27-22(29)24-12-14-9-15-3-1-2-4-16(15)10-14/h1-5,7,11,13-14H,6,8-10,12H2,(H,25,28)(H2,24,26,27,29). The van der Waals surface area contributed by atoms with Crippen LogP contribution in [0.25, 0.3) is 11.3 Å². The first kappa shape index (κ1) is 18.8. The molecule has 0 radical (unpaired) electrons. The van der Waals surface area contributed by atoms with Crippen LogP contribution in [0.3, 0.4) is 0 Å². The van der Waals surface area contributed by atoms with E-state index in [4.69, 9.17) is 0 Å². The number of hydrogen-bond acceptors (Lipinski definition) is 4. The number of anilines is 2. The van der Waals surface area contributed by atoms with Gasteiger partial charge < -0.3 is 10.6 Å². The fraction of sp³-hybridized carbons (Fsp3) is 0.261. The summed E-state index contributed by atoms with van der Waals surface area (Å²) in [7, 11) is 0. The van der Waals surface area contributed by atoms with Gasteiger partial charge in [-0.15, -0.1) is 11.3 Å². The minimum absolute atomic E-state index is 0.0582. The number of amides is 3. The average Bonchev–Trinajstić information content (AvgIpc) is 3.38. The molecule has 0 bridgehead atoms. The van der Waals surface area contributed by atoms with Crippen molar-refractivity contribution in [3.63, 3.8) is 0 Å². The Balaban J connectivity index is 1.17. The van der Waals surface area contributed by atoms with Gasteiger partial charge in [0.25, 0.3) is 0 Å². The van der Waals surface area contributed by atoms with Crippen LogP contribution in [0.15, 0.2) is 47.8 Å². The summed E-state index contributed by atoms with van der Waals surface area (Å²) in [5.41, 5.74) is 6.57. The molecule has 1 aromatic heterocycles. The number of fused-ring (bicyclic) bond motifs is 2. The summed E-state index contributed by atoms with van der Waals surface area (Å²) in [4.78, 5) is 28.4. The number of benzene rings is 2. The van der Waals surface area contributed by atoms with Crippen LogP contribution in [0, 0.1) is 5.92 Å². The molecule has 2 aromatic carbocycles. The summed E-state index contributed by atoms with van der Waals surface area (Å²) in [6.07, 6.45) is 3.26. The largest absolute Gasteiger partial charge is 0.338 e. The fourth-order valence-electron chi connectivity index (χ4n) is 4.18. The molecule has 7 heteroatoms. The zero-order chi connectivity index (χ0) is 20.5. The molecule has 6 nitrogen and oxygen atoms in total. The third-order valence-corrected chi connectivity index (χ3v) is 6.47. The zero-order valence-corrected chi connectivity index (χ0v) is 17.2. The molecule has 3 N–H and O–H groups in total. The molecule has 0 saturated carbocycles. The van der Waals surface area contributed by atoms with Gasteiger partial charge in [0, 0.05) is 29.6 Å². The van der Waals surface area contributed by atoms with Crippen LogP contribution in [0.1, 0.15) is 23.1 Å². The van der Waals surface area contributed by atoms with Gasteiger partial charge in [0.1, 0.15) is 0 Å². The lowest BCUT2D eigenvalue weighted by Crippen LogP contribution is -2.33. The Morgan fingerprint density at radius 3 is 2.70 bits per heavy atom. The number of aromatic nitrogens is 1. The van der Waals surface area contributed by atoms with Crippen molar-refractivity contribution in [1.29, 1.82) is 0 Å². The molecule has 152 valence electrons. The Labute approximate surface area is 178 Å². The highest BCUT2D eigenvalue weighted by atomic mass is 32.1. The van der Waals surface area contributed by atoms with E-state index >= 15 is 0 Å². The van der Waals surface area contributed by atoms with E-state index in [0.29, 0.717) is 24.0 Å². The third kappa shape index (κ3) is 3.93. The SMILES string of the molecule is O=C1CCc2cc(-c3csc(NC(=O)NCC4Cc5ccccc5C4)n3)ccc2N1. The second-order valence-electron chi connectivity index (χ2n) is 7.84. The minimum Gasteiger partial charge on any atom is -0.338 e. The molecule has 1 aliphatic carbocycles. The first-order valence-electron chi connectivity index (χ1n) is 10.1. The molecule has 30 heavy (non-hydrogen) atoms. The summed E-state index contributed by atoms with van der Waals surface area (Å²) < 4.78 is 0. The molecular formula is C23H22N4O2S. The van der Waals surface area contributed by atoms with E-state index < -0.39 is 0 Å². The molecule has 0 unspecified atom stereocenters. The number of nitrogens with one attached hydrogen (secondary N) is 3. The van der Waals surface area contributed by atoms with E-state index in [-0.39, 0.29) is 11.9 Å². The van der Waals surface area contributed by atoms with Crippen LogP contribution in [0.4, 0.5) is 15.6 Å². The molecule has 2 aliphatic rings. The predicted octanol–water partition coefficient (Wildman–Crippen LogP) is 4.23. The number of thiazole rings is 1. The molecular weight excluding hydrogens is 396 g/mol. The van der Waals surface area contributed by atoms with Gasteiger partial charge in [-0.25, -0.2) is 9.78 Å². The van der Waals surface area contributed by atoms with Gasteiger partial charge in [0.2, 0.25) is 5.91 Å². The van der Waals surface area contributed by atoms with Crippen LogP contribution in [0.2, 0.25) is 0 Å². The van der Waals surface area contributed by atoms with E-state index in [1.807, 2.05) is 17.5 Å². The Bertz CT molecular complexity index is 1100. The molecule has 0 spiro atoms. The first-order chi connectivity index (χ1) is 14.6. The monoisotopic (exact) mass is 418 g/mol. The Kier molecular flexibility index (Phi) is 4.96. The molecule has 5 rings (SSSR count). The lowest BCUT2D eigenvalue weighted by Gasteiger charge is -2.17. The van der Waals surface area contributed by atoms with E-state index in [2.05, 4.69) is 51.3 Å². The number of urea groups is 1. The van der Waals surface area contributed by atoms with Crippen LogP contribution >= 0.6 is 11.3 Å². The average molecular weight is 419 g/mol. The summed E-state index contributed by atoms with van der Waals surface area (Å²) in [6.45, 7) is 0.648. The minimum atomic E-state index is -0.222. The zero-order valence-electron chi connectivity index (χ0n) is 16.4. The van der Waals surface area contributed by atoms with Crippen molar-refractivity contribution in [2.24, 2.45) is 5.92 Å². The van der Waals surface area contributed by atoms with Crippen LogP contribution < -0.4 is 16.0 Å². The van der Waals surface area contributed by atoms with E-state index in [0.717, 1.165) is 41.8 Å². The lowest BCUT2D eigenvalue weighted by molar-refractivity contribution is -0.116. The molecule has 2 heterocycles. The highest BCUT2D eigenvalue weighted by Crippen LogP contribution is 2.30. The number of aryl methyl sites for hydroxylation is 1. The van der Waals surface area contributed by atoms with E-state index in [1.165, 1.54) is 22.5 Å². The van der Waals surface area contributed by atoms with Crippen molar-refractivity contribution in [2.75, 3.05) is 17.2 Å². The highest BCUT2D eigenvalue weighted by Gasteiger charge is 2.21. The first-order valence-corrected chi connectivity index (χ1v) is 11.0. The van der Waals surface area contributed by atoms with Gasteiger partial charge in [-0.3, -0.25) is 10.1 Å². The quantitative estimate of drug-likeness (QED) is 0.593. The smallest absolute Gasteiger partial charge is 0.321 e. The third-order valence-electron chi connectivity index (χ3n) is 5.71. The van der Waals surface area contributed by atoms with Gasteiger partial charge in [0.15, 0.2) is 5.13 Å². The Morgan fingerprint density at radius 1 is 1.10 bits per heavy atom. The highest BCUT2D eigenvalue weighted by molar-refractivity contribution is 7.14. The lowest BCUT2D eigenvalue weighted by atomic mass is 9.99. The number of carbonyl (C=O) groups is 2. The van der Waals surface area contributed by atoms with Crippen LogP contribution in [-0.2, 0) is 24.1 Å². The number of nitrogens with zero attached hydrogens (tertiary/aromatic N) is 1. The van der Waals surface area contributed by atoms with Crippen molar-refractivity contribution in [3.05, 3.63) is 64.5 Å². The van der Waals surface area contributed by atoms with E-state index in [1.54, 1.807) is 0 Å². The maximum Gasteiger partial charge on any atom is 0.321 e. The molecule has 3 amide bonds. The van der Waals surface area contributed by atoms with Gasteiger partial charge in [-0.2, -0.15) is 0 Å². The maximum atomic E-state index is 12.3. The van der Waals surface area contributed by atoms with Crippen molar-refractivity contribution in [3.8, 4) is 11.3 Å². The van der Waals surface area contributed by atoms with E-state index in [9.17, 15) is 9.59 Å². The second kappa shape index (κ2) is 7.91. The normalized spacial score (nSPS) is 15.3. The van der Waals surface area contributed by atoms with Gasteiger partial charge in [-0.05, 0) is 54.0 Å². The van der Waals surface area contributed by atoms with Crippen molar-refractivity contribution in [2.45, 2.75) is 25.7 Å². The number of carbonyl (C=O) groups excluding carboxylic acids is 2. The molecule has 0 saturated heterocycles. The van der Waals surface area contributed by atoms with Crippen LogP contribution in [-0.4, -0.2) is 23.5 Å². The van der Waals surface area contributed by atoms with Crippen molar-refractivity contribution < 1.29 is 9.59 Å². The molecule has 0 fully saturated rings.